The normalized spacial score (nSPS) is 10.4. The number of hydrogen-bond donors (Lipinski definition) is 1. The van der Waals surface area contributed by atoms with E-state index in [0.717, 1.165) is 16.8 Å². The Hall–Kier alpha value is -1.25. The number of benzene rings is 2. The van der Waals surface area contributed by atoms with Gasteiger partial charge < -0.3 is 5.32 Å². The first-order valence-corrected chi connectivity index (χ1v) is 6.26. The summed E-state index contributed by atoms with van der Waals surface area (Å²) < 4.78 is 13.3. The second-order valence-electron chi connectivity index (χ2n) is 4.03. The van der Waals surface area contributed by atoms with Crippen LogP contribution < -0.4 is 5.32 Å². The second-order valence-corrected chi connectivity index (χ2v) is 4.84. The minimum Gasteiger partial charge on any atom is -0.381 e. The van der Waals surface area contributed by atoms with Crippen molar-refractivity contribution in [3.8, 4) is 0 Å². The summed E-state index contributed by atoms with van der Waals surface area (Å²) in [7, 11) is 0. The molecule has 1 nitrogen and oxygen atoms in total. The molecule has 1 N–H and O–H groups in total. The lowest BCUT2D eigenvalue weighted by Crippen LogP contribution is -2.02. The highest BCUT2D eigenvalue weighted by Crippen LogP contribution is 2.23. The van der Waals surface area contributed by atoms with Gasteiger partial charge in [0.05, 0.1) is 5.02 Å². The van der Waals surface area contributed by atoms with Crippen molar-refractivity contribution in [1.82, 2.24) is 0 Å². The minimum atomic E-state index is -0.404. The van der Waals surface area contributed by atoms with E-state index in [9.17, 15) is 4.39 Å². The number of anilines is 1. The zero-order valence-corrected chi connectivity index (χ0v) is 11.3. The lowest BCUT2D eigenvalue weighted by Gasteiger charge is -2.11. The Morgan fingerprint density at radius 2 is 1.94 bits per heavy atom. The van der Waals surface area contributed by atoms with Gasteiger partial charge in [-0.25, -0.2) is 4.39 Å². The molecular weight excluding hydrogens is 272 g/mol. The molecule has 94 valence electrons. The summed E-state index contributed by atoms with van der Waals surface area (Å²) in [6, 6.07) is 10.4. The van der Waals surface area contributed by atoms with Gasteiger partial charge in [-0.15, -0.1) is 0 Å². The van der Waals surface area contributed by atoms with Crippen LogP contribution in [0.25, 0.3) is 0 Å². The van der Waals surface area contributed by atoms with Crippen LogP contribution in [0.15, 0.2) is 36.4 Å². The van der Waals surface area contributed by atoms with E-state index in [0.29, 0.717) is 11.6 Å². The van der Waals surface area contributed by atoms with E-state index in [2.05, 4.69) is 5.32 Å². The third-order valence-electron chi connectivity index (χ3n) is 2.70. The predicted molar refractivity (Wildman–Crippen MR) is 74.9 cm³/mol. The van der Waals surface area contributed by atoms with Gasteiger partial charge >= 0.3 is 0 Å². The molecule has 2 rings (SSSR count). The van der Waals surface area contributed by atoms with E-state index in [-0.39, 0.29) is 5.02 Å². The smallest absolute Gasteiger partial charge is 0.142 e. The fourth-order valence-corrected chi connectivity index (χ4v) is 2.03. The summed E-state index contributed by atoms with van der Waals surface area (Å²) in [4.78, 5) is 0. The maximum atomic E-state index is 13.3. The molecule has 0 heterocycles. The average molecular weight is 284 g/mol. The Kier molecular flexibility index (Phi) is 4.10. The van der Waals surface area contributed by atoms with Gasteiger partial charge in [0, 0.05) is 17.3 Å². The molecule has 4 heteroatoms. The van der Waals surface area contributed by atoms with Gasteiger partial charge in [-0.3, -0.25) is 0 Å². The molecule has 0 saturated heterocycles. The first kappa shape index (κ1) is 13.2. The van der Waals surface area contributed by atoms with Crippen molar-refractivity contribution in [2.24, 2.45) is 0 Å². The molecule has 0 fully saturated rings. The Bertz CT molecular complexity index is 568. The van der Waals surface area contributed by atoms with Gasteiger partial charge in [-0.2, -0.15) is 0 Å². The molecule has 0 unspecified atom stereocenters. The summed E-state index contributed by atoms with van der Waals surface area (Å²) in [5, 5.41) is 4.02. The first-order valence-electron chi connectivity index (χ1n) is 5.51. The van der Waals surface area contributed by atoms with Crippen LogP contribution in [0.4, 0.5) is 10.1 Å². The molecule has 0 aliphatic rings. The monoisotopic (exact) mass is 283 g/mol. The van der Waals surface area contributed by atoms with Crippen LogP contribution in [-0.4, -0.2) is 0 Å². The summed E-state index contributed by atoms with van der Waals surface area (Å²) in [6.07, 6.45) is 0. The highest BCUT2D eigenvalue weighted by atomic mass is 35.5. The SMILES string of the molecule is Cc1ccc(Cl)cc1NCc1cccc(F)c1Cl. The van der Waals surface area contributed by atoms with Crippen molar-refractivity contribution in [2.45, 2.75) is 13.5 Å². The fraction of sp³-hybridized carbons (Fsp3) is 0.143. The summed E-state index contributed by atoms with van der Waals surface area (Å²) in [5.74, 6) is -0.404. The highest BCUT2D eigenvalue weighted by Gasteiger charge is 2.06. The topological polar surface area (TPSA) is 12.0 Å². The van der Waals surface area contributed by atoms with Crippen molar-refractivity contribution in [2.75, 3.05) is 5.32 Å². The summed E-state index contributed by atoms with van der Waals surface area (Å²) >= 11 is 11.8. The Labute approximate surface area is 116 Å². The van der Waals surface area contributed by atoms with Crippen LogP contribution in [0.5, 0.6) is 0 Å². The summed E-state index contributed by atoms with van der Waals surface area (Å²) in [5.41, 5.74) is 2.71. The summed E-state index contributed by atoms with van der Waals surface area (Å²) in [6.45, 7) is 2.43. The second kappa shape index (κ2) is 5.59. The molecule has 0 bridgehead atoms. The van der Waals surface area contributed by atoms with Crippen molar-refractivity contribution in [3.05, 3.63) is 63.4 Å². The van der Waals surface area contributed by atoms with Gasteiger partial charge in [0.25, 0.3) is 0 Å². The third-order valence-corrected chi connectivity index (χ3v) is 3.36. The van der Waals surface area contributed by atoms with Crippen LogP contribution >= 0.6 is 23.2 Å². The molecule has 0 aliphatic heterocycles. The zero-order valence-electron chi connectivity index (χ0n) is 9.81. The molecule has 0 saturated carbocycles. The van der Waals surface area contributed by atoms with E-state index in [4.69, 9.17) is 23.2 Å². The maximum Gasteiger partial charge on any atom is 0.142 e. The number of rotatable bonds is 3. The molecule has 2 aromatic carbocycles. The molecule has 0 radical (unpaired) electrons. The van der Waals surface area contributed by atoms with Crippen LogP contribution in [0.1, 0.15) is 11.1 Å². The highest BCUT2D eigenvalue weighted by molar-refractivity contribution is 6.31. The van der Waals surface area contributed by atoms with Crippen LogP contribution in [0, 0.1) is 12.7 Å². The fourth-order valence-electron chi connectivity index (χ4n) is 1.66. The first-order chi connectivity index (χ1) is 8.58. The van der Waals surface area contributed by atoms with Gasteiger partial charge in [-0.1, -0.05) is 41.4 Å². The van der Waals surface area contributed by atoms with E-state index in [1.54, 1.807) is 12.1 Å². The number of hydrogen-bond acceptors (Lipinski definition) is 1. The Morgan fingerprint density at radius 3 is 2.72 bits per heavy atom. The van der Waals surface area contributed by atoms with Crippen LogP contribution in [0.2, 0.25) is 10.0 Å². The number of aryl methyl sites for hydroxylation is 1. The van der Waals surface area contributed by atoms with Crippen molar-refractivity contribution >= 4 is 28.9 Å². The standard InChI is InChI=1S/C14H12Cl2FN/c1-9-5-6-11(15)7-13(9)18-8-10-3-2-4-12(17)14(10)16/h2-7,18H,8H2,1H3. The lowest BCUT2D eigenvalue weighted by atomic mass is 10.1. The largest absolute Gasteiger partial charge is 0.381 e. The molecule has 0 atom stereocenters. The van der Waals surface area contributed by atoms with E-state index in [1.165, 1.54) is 6.07 Å². The predicted octanol–water partition coefficient (Wildman–Crippen LogP) is 5.05. The van der Waals surface area contributed by atoms with Crippen LogP contribution in [0.3, 0.4) is 0 Å². The van der Waals surface area contributed by atoms with Crippen LogP contribution in [-0.2, 0) is 6.54 Å². The Morgan fingerprint density at radius 1 is 1.17 bits per heavy atom. The van der Waals surface area contributed by atoms with E-state index < -0.39 is 5.82 Å². The molecule has 18 heavy (non-hydrogen) atoms. The van der Waals surface area contributed by atoms with Gasteiger partial charge in [0.1, 0.15) is 5.82 Å². The van der Waals surface area contributed by atoms with E-state index in [1.807, 2.05) is 25.1 Å². The van der Waals surface area contributed by atoms with Crippen molar-refractivity contribution in [1.29, 1.82) is 0 Å². The van der Waals surface area contributed by atoms with E-state index >= 15 is 0 Å². The minimum absolute atomic E-state index is 0.157. The zero-order chi connectivity index (χ0) is 13.1. The molecule has 0 aliphatic carbocycles. The molecule has 2 aromatic rings. The van der Waals surface area contributed by atoms with Crippen molar-refractivity contribution in [3.63, 3.8) is 0 Å². The van der Waals surface area contributed by atoms with Gasteiger partial charge in [0.2, 0.25) is 0 Å². The molecule has 0 amide bonds. The molecule has 0 spiro atoms. The number of nitrogens with one attached hydrogen (secondary N) is 1. The molecule has 0 aromatic heterocycles. The number of halogens is 3. The van der Waals surface area contributed by atoms with Gasteiger partial charge in [0.15, 0.2) is 0 Å². The third kappa shape index (κ3) is 2.95. The van der Waals surface area contributed by atoms with Crippen molar-refractivity contribution < 1.29 is 4.39 Å². The van der Waals surface area contributed by atoms with Gasteiger partial charge in [-0.05, 0) is 36.2 Å². The molecular formula is C14H12Cl2FN. The quantitative estimate of drug-likeness (QED) is 0.831. The average Bonchev–Trinajstić information content (AvgIpc) is 2.35. The maximum absolute atomic E-state index is 13.3. The lowest BCUT2D eigenvalue weighted by molar-refractivity contribution is 0.626. The Balaban J connectivity index is 2.16.